The Morgan fingerprint density at radius 2 is 1.64 bits per heavy atom. The van der Waals surface area contributed by atoms with Gasteiger partial charge in [-0.05, 0) is 0 Å². The summed E-state index contributed by atoms with van der Waals surface area (Å²) in [5.74, 6) is 0. The van der Waals surface area contributed by atoms with Crippen molar-refractivity contribution in [3.05, 3.63) is 53.5 Å². The minimum Gasteiger partial charge on any atom is -0.245 e. The number of hydrogen-bond acceptors (Lipinski definition) is 2. The first-order chi connectivity index (χ1) is 6.81. The fraction of sp³-hybridized carbons (Fsp3) is 0.250. The molecule has 0 amide bonds. The maximum Gasteiger partial charge on any atom is 0.0968 e. The smallest absolute Gasteiger partial charge is 0.0968 e. The first-order valence-corrected chi connectivity index (χ1v) is 5.43. The van der Waals surface area contributed by atoms with Gasteiger partial charge in [-0.1, -0.05) is 18.2 Å². The van der Waals surface area contributed by atoms with Gasteiger partial charge < -0.3 is 0 Å². The van der Waals surface area contributed by atoms with E-state index in [9.17, 15) is 0 Å². The molecule has 0 spiro atoms. The topological polar surface area (TPSA) is 12.9 Å². The van der Waals surface area contributed by atoms with Crippen LogP contribution in [0.5, 0.6) is 0 Å². The third-order valence-electron chi connectivity index (χ3n) is 1.81. The normalized spacial score (nSPS) is 9.71. The number of hydrogen-bond donors (Lipinski definition) is 0. The maximum absolute atomic E-state index is 4.54. The van der Waals surface area contributed by atoms with E-state index in [2.05, 4.69) is 24.7 Å². The lowest BCUT2D eigenvalue weighted by molar-refractivity contribution is 1.06. The molecule has 0 bridgehead atoms. The fourth-order valence-corrected chi connectivity index (χ4v) is 2.32. The minimum atomic E-state index is 0.844. The van der Waals surface area contributed by atoms with Gasteiger partial charge in [-0.2, -0.15) is 0 Å². The summed E-state index contributed by atoms with van der Waals surface area (Å²) in [7, 11) is 0. The predicted molar refractivity (Wildman–Crippen MR) is 63.8 cm³/mol. The average molecular weight is 205 g/mol. The van der Waals surface area contributed by atoms with Gasteiger partial charge in [-0.25, -0.2) is 4.98 Å². The van der Waals surface area contributed by atoms with Crippen LogP contribution in [0.4, 0.5) is 0 Å². The molecule has 0 aliphatic rings. The summed E-state index contributed by atoms with van der Waals surface area (Å²) in [6.07, 6.45) is 8.28. The molecule has 0 radical (unpaired) electrons. The van der Waals surface area contributed by atoms with E-state index in [1.54, 1.807) is 11.3 Å². The molecule has 0 aromatic carbocycles. The summed E-state index contributed by atoms with van der Waals surface area (Å²) in [6, 6.07) is 0. The summed E-state index contributed by atoms with van der Waals surface area (Å²) in [6.45, 7) is 11.2. The van der Waals surface area contributed by atoms with Gasteiger partial charge in [0.25, 0.3) is 0 Å². The molecule has 1 aromatic heterocycles. The Balaban J connectivity index is 2.91. The molecule has 0 saturated heterocycles. The fourth-order valence-electron chi connectivity index (χ4n) is 1.23. The Hall–Kier alpha value is -1.15. The lowest BCUT2D eigenvalue weighted by Gasteiger charge is -1.93. The monoisotopic (exact) mass is 205 g/mol. The molecule has 1 heterocycles. The zero-order chi connectivity index (χ0) is 10.4. The molecule has 1 aromatic rings. The van der Waals surface area contributed by atoms with Crippen LogP contribution in [0, 0.1) is 0 Å². The summed E-state index contributed by atoms with van der Waals surface area (Å²) >= 11 is 1.75. The van der Waals surface area contributed by atoms with E-state index in [1.807, 2.05) is 18.2 Å². The molecule has 0 N–H and O–H groups in total. The number of nitrogens with zero attached hydrogens (tertiary/aromatic N) is 1. The third kappa shape index (κ3) is 2.67. The van der Waals surface area contributed by atoms with Crippen LogP contribution >= 0.6 is 11.3 Å². The Kier molecular flexibility index (Phi) is 4.33. The Morgan fingerprint density at radius 3 is 2.21 bits per heavy atom. The van der Waals surface area contributed by atoms with Gasteiger partial charge >= 0.3 is 0 Å². The second kappa shape index (κ2) is 5.55. The Labute approximate surface area is 89.5 Å². The van der Waals surface area contributed by atoms with Gasteiger partial charge in [0, 0.05) is 24.1 Å². The number of aromatic nitrogens is 1. The second-order valence-corrected chi connectivity index (χ2v) is 4.12. The van der Waals surface area contributed by atoms with Crippen molar-refractivity contribution < 1.29 is 0 Å². The standard InChI is InChI=1S/C12H15NS/c1-4-7-10-11(8-5-2)14-12(13-10)9-6-3/h4-6H,1-3,7-9H2. The molecule has 14 heavy (non-hydrogen) atoms. The predicted octanol–water partition coefficient (Wildman–Crippen LogP) is 3.33. The zero-order valence-corrected chi connectivity index (χ0v) is 9.15. The van der Waals surface area contributed by atoms with Crippen molar-refractivity contribution in [1.29, 1.82) is 0 Å². The molecule has 0 fully saturated rings. The van der Waals surface area contributed by atoms with Crippen LogP contribution in [0.3, 0.4) is 0 Å². The van der Waals surface area contributed by atoms with Crippen LogP contribution in [0.15, 0.2) is 38.0 Å². The third-order valence-corrected chi connectivity index (χ3v) is 2.95. The SMILES string of the molecule is C=CCc1nc(CC=C)c(CC=C)s1. The first-order valence-electron chi connectivity index (χ1n) is 4.62. The van der Waals surface area contributed by atoms with Crippen molar-refractivity contribution in [2.24, 2.45) is 0 Å². The molecule has 0 atom stereocenters. The highest BCUT2D eigenvalue weighted by molar-refractivity contribution is 7.11. The molecule has 2 heteroatoms. The van der Waals surface area contributed by atoms with Crippen LogP contribution in [0.2, 0.25) is 0 Å². The van der Waals surface area contributed by atoms with Gasteiger partial charge in [-0.3, -0.25) is 0 Å². The van der Waals surface area contributed by atoms with E-state index >= 15 is 0 Å². The summed E-state index contributed by atoms with van der Waals surface area (Å²) in [4.78, 5) is 5.84. The van der Waals surface area contributed by atoms with Crippen LogP contribution < -0.4 is 0 Å². The van der Waals surface area contributed by atoms with Crippen LogP contribution in [0.1, 0.15) is 15.6 Å². The molecular weight excluding hydrogens is 190 g/mol. The summed E-state index contributed by atoms with van der Waals surface area (Å²) in [5, 5.41) is 1.13. The van der Waals surface area contributed by atoms with Crippen molar-refractivity contribution in [2.75, 3.05) is 0 Å². The van der Waals surface area contributed by atoms with Gasteiger partial charge in [-0.15, -0.1) is 31.1 Å². The van der Waals surface area contributed by atoms with E-state index in [1.165, 1.54) is 4.88 Å². The number of thiazole rings is 1. The first kappa shape index (κ1) is 10.9. The highest BCUT2D eigenvalue weighted by atomic mass is 32.1. The van der Waals surface area contributed by atoms with Crippen molar-refractivity contribution in [3.8, 4) is 0 Å². The van der Waals surface area contributed by atoms with E-state index in [0.717, 1.165) is 30.0 Å². The van der Waals surface area contributed by atoms with Crippen LogP contribution in [0.25, 0.3) is 0 Å². The second-order valence-electron chi connectivity index (χ2n) is 2.96. The summed E-state index contributed by atoms with van der Waals surface area (Å²) in [5.41, 5.74) is 1.14. The lowest BCUT2D eigenvalue weighted by atomic mass is 10.2. The minimum absolute atomic E-state index is 0.844. The zero-order valence-electron chi connectivity index (χ0n) is 8.33. The van der Waals surface area contributed by atoms with E-state index < -0.39 is 0 Å². The molecule has 0 aliphatic carbocycles. The lowest BCUT2D eigenvalue weighted by Crippen LogP contribution is -1.87. The highest BCUT2D eigenvalue weighted by Crippen LogP contribution is 2.21. The Morgan fingerprint density at radius 1 is 1.00 bits per heavy atom. The molecule has 74 valence electrons. The quantitative estimate of drug-likeness (QED) is 0.649. The molecule has 1 nitrogen and oxygen atoms in total. The van der Waals surface area contributed by atoms with E-state index in [0.29, 0.717) is 0 Å². The van der Waals surface area contributed by atoms with E-state index in [4.69, 9.17) is 0 Å². The van der Waals surface area contributed by atoms with Crippen LogP contribution in [-0.2, 0) is 19.3 Å². The molecule has 0 aliphatic heterocycles. The number of allylic oxidation sites excluding steroid dienone is 3. The highest BCUT2D eigenvalue weighted by Gasteiger charge is 2.07. The summed E-state index contributed by atoms with van der Waals surface area (Å²) < 4.78 is 0. The van der Waals surface area contributed by atoms with Crippen molar-refractivity contribution in [2.45, 2.75) is 19.3 Å². The van der Waals surface area contributed by atoms with Gasteiger partial charge in [0.05, 0.1) is 10.7 Å². The van der Waals surface area contributed by atoms with Gasteiger partial charge in [0.15, 0.2) is 0 Å². The number of rotatable bonds is 6. The van der Waals surface area contributed by atoms with Crippen molar-refractivity contribution in [3.63, 3.8) is 0 Å². The molecule has 0 saturated carbocycles. The maximum atomic E-state index is 4.54. The molecule has 0 unspecified atom stereocenters. The van der Waals surface area contributed by atoms with Crippen LogP contribution in [-0.4, -0.2) is 4.98 Å². The van der Waals surface area contributed by atoms with Gasteiger partial charge in [0.2, 0.25) is 0 Å². The molecular formula is C12H15NS. The Bertz CT molecular complexity index is 309. The van der Waals surface area contributed by atoms with E-state index in [-0.39, 0.29) is 0 Å². The largest absolute Gasteiger partial charge is 0.245 e. The molecule has 1 rings (SSSR count). The van der Waals surface area contributed by atoms with Crippen molar-refractivity contribution >= 4 is 11.3 Å². The van der Waals surface area contributed by atoms with Gasteiger partial charge in [0.1, 0.15) is 0 Å². The van der Waals surface area contributed by atoms with Crippen molar-refractivity contribution in [1.82, 2.24) is 4.98 Å². The average Bonchev–Trinajstić information content (AvgIpc) is 2.50.